The van der Waals surface area contributed by atoms with Crippen LogP contribution in [-0.2, 0) is 4.74 Å². The predicted molar refractivity (Wildman–Crippen MR) is 62.4 cm³/mol. The fourth-order valence-corrected chi connectivity index (χ4v) is 2.57. The van der Waals surface area contributed by atoms with Crippen molar-refractivity contribution in [2.24, 2.45) is 5.73 Å². The third kappa shape index (κ3) is 2.35. The van der Waals surface area contributed by atoms with Crippen molar-refractivity contribution in [3.63, 3.8) is 0 Å². The molecule has 1 aliphatic heterocycles. The Morgan fingerprint density at radius 1 is 1.69 bits per heavy atom. The van der Waals surface area contributed by atoms with Crippen LogP contribution in [0.3, 0.4) is 0 Å². The molecule has 1 atom stereocenters. The van der Waals surface area contributed by atoms with Crippen LogP contribution in [0.25, 0.3) is 0 Å². The van der Waals surface area contributed by atoms with Crippen molar-refractivity contribution >= 4 is 28.3 Å². The highest BCUT2D eigenvalue weighted by atomic mass is 32.1. The number of hydrogen-bond donors (Lipinski definition) is 2. The molecule has 0 radical (unpaired) electrons. The van der Waals surface area contributed by atoms with E-state index < -0.39 is 6.09 Å². The van der Waals surface area contributed by atoms with Gasteiger partial charge in [0.15, 0.2) is 0 Å². The second-order valence-electron chi connectivity index (χ2n) is 3.73. The van der Waals surface area contributed by atoms with Crippen LogP contribution in [0.2, 0.25) is 0 Å². The molecule has 0 aromatic carbocycles. The lowest BCUT2D eigenvalue weighted by atomic mass is 10.1. The van der Waals surface area contributed by atoms with Gasteiger partial charge in [-0.15, -0.1) is 0 Å². The average Bonchev–Trinajstić information content (AvgIpc) is 2.64. The molecule has 1 saturated heterocycles. The fourth-order valence-electron chi connectivity index (χ4n) is 1.86. The van der Waals surface area contributed by atoms with E-state index in [1.54, 1.807) is 6.20 Å². The molecular formula is C9H14N4O2S. The Bertz CT molecular complexity index is 381. The number of nitrogens with zero attached hydrogens (tertiary/aromatic N) is 2. The number of rotatable bonds is 2. The first kappa shape index (κ1) is 11.0. The highest BCUT2D eigenvalue weighted by Crippen LogP contribution is 2.30. The summed E-state index contributed by atoms with van der Waals surface area (Å²) in [5.74, 6) is 0. The summed E-state index contributed by atoms with van der Waals surface area (Å²) >= 11 is 1.36. The van der Waals surface area contributed by atoms with E-state index in [-0.39, 0.29) is 6.10 Å². The van der Waals surface area contributed by atoms with Crippen LogP contribution in [0.4, 0.5) is 15.5 Å². The number of ether oxygens (including phenoxy) is 1. The Labute approximate surface area is 97.3 Å². The zero-order chi connectivity index (χ0) is 11.5. The number of aromatic nitrogens is 1. The van der Waals surface area contributed by atoms with Crippen LogP contribution in [-0.4, -0.2) is 29.7 Å². The van der Waals surface area contributed by atoms with Crippen molar-refractivity contribution in [2.75, 3.05) is 23.7 Å². The number of nitrogens with two attached hydrogens (primary N) is 2. The molecule has 2 rings (SSSR count). The summed E-state index contributed by atoms with van der Waals surface area (Å²) in [6, 6.07) is 0. The Hall–Kier alpha value is -1.50. The van der Waals surface area contributed by atoms with Crippen molar-refractivity contribution in [1.82, 2.24) is 4.37 Å². The van der Waals surface area contributed by atoms with Crippen LogP contribution in [0.5, 0.6) is 0 Å². The molecule has 4 N–H and O–H groups in total. The molecule has 1 aliphatic rings. The molecule has 0 saturated carbocycles. The lowest BCUT2D eigenvalue weighted by Gasteiger charge is -2.32. The summed E-state index contributed by atoms with van der Waals surface area (Å²) in [5.41, 5.74) is 11.5. The van der Waals surface area contributed by atoms with Gasteiger partial charge in [0.1, 0.15) is 11.1 Å². The number of carbonyl (C=O) groups excluding carboxylic acids is 1. The van der Waals surface area contributed by atoms with E-state index in [9.17, 15) is 4.79 Å². The minimum absolute atomic E-state index is 0.146. The van der Waals surface area contributed by atoms with Crippen LogP contribution in [0.15, 0.2) is 6.20 Å². The van der Waals surface area contributed by atoms with Crippen LogP contribution in [0.1, 0.15) is 12.8 Å². The maximum atomic E-state index is 10.7. The van der Waals surface area contributed by atoms with E-state index in [2.05, 4.69) is 9.27 Å². The van der Waals surface area contributed by atoms with Gasteiger partial charge in [-0.2, -0.15) is 4.37 Å². The second-order valence-corrected chi connectivity index (χ2v) is 4.51. The van der Waals surface area contributed by atoms with Crippen molar-refractivity contribution in [3.05, 3.63) is 6.20 Å². The summed E-state index contributed by atoms with van der Waals surface area (Å²) < 4.78 is 9.03. The van der Waals surface area contributed by atoms with Gasteiger partial charge in [-0.1, -0.05) is 0 Å². The van der Waals surface area contributed by atoms with Gasteiger partial charge in [0.2, 0.25) is 0 Å². The minimum atomic E-state index is -0.718. The Morgan fingerprint density at radius 2 is 2.50 bits per heavy atom. The van der Waals surface area contributed by atoms with Gasteiger partial charge in [0.05, 0.1) is 18.4 Å². The summed E-state index contributed by atoms with van der Waals surface area (Å²) in [6.07, 6.45) is 2.57. The van der Waals surface area contributed by atoms with Gasteiger partial charge in [-0.25, -0.2) is 4.79 Å². The van der Waals surface area contributed by atoms with E-state index >= 15 is 0 Å². The fraction of sp³-hybridized carbons (Fsp3) is 0.556. The van der Waals surface area contributed by atoms with Gasteiger partial charge < -0.3 is 21.1 Å². The van der Waals surface area contributed by atoms with E-state index in [4.69, 9.17) is 16.2 Å². The largest absolute Gasteiger partial charge is 0.445 e. The molecule has 1 amide bonds. The Balaban J connectivity index is 2.02. The number of anilines is 2. The topological polar surface area (TPSA) is 94.5 Å². The standard InChI is InChI=1S/C9H14N4O2S/c10-7-4-12-16-8(7)13-3-1-2-6(5-13)15-9(11)14/h4,6H,1-3,5,10H2,(H2,11,14)/t6-/m0/s1. The molecule has 0 bridgehead atoms. The summed E-state index contributed by atoms with van der Waals surface area (Å²) in [5, 5.41) is 0.942. The molecular weight excluding hydrogens is 228 g/mol. The molecule has 2 heterocycles. The Kier molecular flexibility index (Phi) is 3.14. The molecule has 7 heteroatoms. The van der Waals surface area contributed by atoms with Gasteiger partial charge in [0, 0.05) is 6.54 Å². The van der Waals surface area contributed by atoms with Crippen molar-refractivity contribution < 1.29 is 9.53 Å². The number of nitrogen functional groups attached to an aromatic ring is 1. The molecule has 0 spiro atoms. The number of hydrogen-bond acceptors (Lipinski definition) is 6. The molecule has 88 valence electrons. The molecule has 1 aromatic heterocycles. The SMILES string of the molecule is NC(=O)O[C@H]1CCCN(c2sncc2N)C1. The van der Waals surface area contributed by atoms with Gasteiger partial charge in [0.25, 0.3) is 0 Å². The minimum Gasteiger partial charge on any atom is -0.445 e. The van der Waals surface area contributed by atoms with Crippen molar-refractivity contribution in [1.29, 1.82) is 0 Å². The summed E-state index contributed by atoms with van der Waals surface area (Å²) in [7, 11) is 0. The lowest BCUT2D eigenvalue weighted by Crippen LogP contribution is -2.41. The molecule has 1 fully saturated rings. The quantitative estimate of drug-likeness (QED) is 0.799. The number of carbonyl (C=O) groups is 1. The number of amides is 1. The molecule has 0 unspecified atom stereocenters. The van der Waals surface area contributed by atoms with Gasteiger partial charge in [-0.3, -0.25) is 0 Å². The molecule has 0 aliphatic carbocycles. The van der Waals surface area contributed by atoms with Gasteiger partial charge >= 0.3 is 6.09 Å². The van der Waals surface area contributed by atoms with E-state index in [1.807, 2.05) is 0 Å². The zero-order valence-electron chi connectivity index (χ0n) is 8.76. The van der Waals surface area contributed by atoms with Crippen molar-refractivity contribution in [2.45, 2.75) is 18.9 Å². The highest BCUT2D eigenvalue weighted by Gasteiger charge is 2.24. The molecule has 1 aromatic rings. The molecule has 16 heavy (non-hydrogen) atoms. The maximum Gasteiger partial charge on any atom is 0.404 e. The smallest absolute Gasteiger partial charge is 0.404 e. The normalized spacial score (nSPS) is 20.8. The zero-order valence-corrected chi connectivity index (χ0v) is 9.57. The molecule has 6 nitrogen and oxygen atoms in total. The summed E-state index contributed by atoms with van der Waals surface area (Å²) in [6.45, 7) is 1.54. The maximum absolute atomic E-state index is 10.7. The Morgan fingerprint density at radius 3 is 3.12 bits per heavy atom. The second kappa shape index (κ2) is 4.56. The lowest BCUT2D eigenvalue weighted by molar-refractivity contribution is 0.0967. The van der Waals surface area contributed by atoms with Crippen LogP contribution < -0.4 is 16.4 Å². The highest BCUT2D eigenvalue weighted by molar-refractivity contribution is 7.10. The first-order valence-corrected chi connectivity index (χ1v) is 5.85. The van der Waals surface area contributed by atoms with Crippen LogP contribution >= 0.6 is 11.5 Å². The third-order valence-corrected chi connectivity index (χ3v) is 3.40. The van der Waals surface area contributed by atoms with Crippen LogP contribution in [0, 0.1) is 0 Å². The van der Waals surface area contributed by atoms with Gasteiger partial charge in [-0.05, 0) is 24.4 Å². The number of primary amides is 1. The van der Waals surface area contributed by atoms with Crippen molar-refractivity contribution in [3.8, 4) is 0 Å². The van der Waals surface area contributed by atoms with E-state index in [0.29, 0.717) is 12.2 Å². The monoisotopic (exact) mass is 242 g/mol. The van der Waals surface area contributed by atoms with E-state index in [0.717, 1.165) is 24.4 Å². The third-order valence-electron chi connectivity index (χ3n) is 2.53. The summed E-state index contributed by atoms with van der Waals surface area (Å²) in [4.78, 5) is 12.8. The van der Waals surface area contributed by atoms with E-state index in [1.165, 1.54) is 11.5 Å². The number of piperidine rings is 1. The first-order valence-electron chi connectivity index (χ1n) is 5.08. The average molecular weight is 242 g/mol. The predicted octanol–water partition coefficient (Wildman–Crippen LogP) is 0.789. The first-order chi connectivity index (χ1) is 7.66.